The molecule has 1 N–H and O–H groups in total. The molecule has 0 saturated heterocycles. The van der Waals surface area contributed by atoms with Crippen molar-refractivity contribution >= 4 is 5.97 Å². The predicted molar refractivity (Wildman–Crippen MR) is 116 cm³/mol. The monoisotopic (exact) mass is 400 g/mol. The van der Waals surface area contributed by atoms with Crippen LogP contribution in [-0.4, -0.2) is 29.9 Å². The van der Waals surface area contributed by atoms with E-state index in [1.54, 1.807) is 6.92 Å². The number of carbonyl (C=O) groups is 1. The van der Waals surface area contributed by atoms with Gasteiger partial charge in [-0.1, -0.05) is 56.8 Å². The number of esters is 1. The summed E-state index contributed by atoms with van der Waals surface area (Å²) in [6.45, 7) is 13.6. The van der Waals surface area contributed by atoms with Gasteiger partial charge >= 0.3 is 5.97 Å². The SMILES string of the molecule is C=C(C)[C@]1(O)CC[C@H](C)[C@@](C)(CCOCc2ccccc2)[C@H]1/C=C\C(=O)OCC. The highest BCUT2D eigenvalue weighted by Gasteiger charge is 2.52. The minimum absolute atomic E-state index is 0.231. The van der Waals surface area contributed by atoms with Crippen molar-refractivity contribution in [3.05, 3.63) is 60.2 Å². The van der Waals surface area contributed by atoms with E-state index in [1.165, 1.54) is 6.08 Å². The van der Waals surface area contributed by atoms with Gasteiger partial charge in [0.15, 0.2) is 0 Å². The Labute approximate surface area is 175 Å². The molecule has 0 radical (unpaired) electrons. The Bertz CT molecular complexity index is 711. The van der Waals surface area contributed by atoms with Gasteiger partial charge in [-0.3, -0.25) is 0 Å². The zero-order valence-electron chi connectivity index (χ0n) is 18.3. The number of hydrogen-bond donors (Lipinski definition) is 1. The van der Waals surface area contributed by atoms with Gasteiger partial charge in [0.1, 0.15) is 0 Å². The molecule has 0 bridgehead atoms. The normalized spacial score (nSPS) is 29.7. The van der Waals surface area contributed by atoms with Crippen LogP contribution in [0.25, 0.3) is 0 Å². The second kappa shape index (κ2) is 10.2. The molecular formula is C25H36O4. The number of ether oxygens (including phenoxy) is 2. The van der Waals surface area contributed by atoms with Crippen molar-refractivity contribution in [2.75, 3.05) is 13.2 Å². The van der Waals surface area contributed by atoms with Gasteiger partial charge in [-0.25, -0.2) is 4.79 Å². The van der Waals surface area contributed by atoms with E-state index in [-0.39, 0.29) is 17.3 Å². The smallest absolute Gasteiger partial charge is 0.330 e. The molecule has 0 aliphatic heterocycles. The van der Waals surface area contributed by atoms with Crippen molar-refractivity contribution in [2.24, 2.45) is 17.3 Å². The topological polar surface area (TPSA) is 55.8 Å². The summed E-state index contributed by atoms with van der Waals surface area (Å²) in [4.78, 5) is 11.9. The fourth-order valence-electron chi connectivity index (χ4n) is 4.46. The number of aliphatic hydroxyl groups is 1. The molecule has 0 spiro atoms. The van der Waals surface area contributed by atoms with Crippen molar-refractivity contribution in [3.8, 4) is 0 Å². The van der Waals surface area contributed by atoms with E-state index in [4.69, 9.17) is 9.47 Å². The molecule has 4 nitrogen and oxygen atoms in total. The number of benzene rings is 1. The Hall–Kier alpha value is -1.91. The van der Waals surface area contributed by atoms with Crippen LogP contribution in [-0.2, 0) is 20.9 Å². The summed E-state index contributed by atoms with van der Waals surface area (Å²) in [6, 6.07) is 10.1. The van der Waals surface area contributed by atoms with Crippen LogP contribution < -0.4 is 0 Å². The average molecular weight is 401 g/mol. The summed E-state index contributed by atoms with van der Waals surface area (Å²) in [5, 5.41) is 11.5. The highest BCUT2D eigenvalue weighted by atomic mass is 16.5. The van der Waals surface area contributed by atoms with E-state index in [1.807, 2.05) is 31.2 Å². The van der Waals surface area contributed by atoms with Gasteiger partial charge in [-0.05, 0) is 55.6 Å². The number of rotatable bonds is 9. The van der Waals surface area contributed by atoms with Crippen LogP contribution in [0, 0.1) is 17.3 Å². The zero-order valence-corrected chi connectivity index (χ0v) is 18.3. The summed E-state index contributed by atoms with van der Waals surface area (Å²) in [6.07, 6.45) is 5.63. The summed E-state index contributed by atoms with van der Waals surface area (Å²) < 4.78 is 11.0. The van der Waals surface area contributed by atoms with Gasteiger partial charge in [0.05, 0.1) is 18.8 Å². The summed E-state index contributed by atoms with van der Waals surface area (Å²) >= 11 is 0. The largest absolute Gasteiger partial charge is 0.463 e. The van der Waals surface area contributed by atoms with Gasteiger partial charge in [-0.2, -0.15) is 0 Å². The molecular weight excluding hydrogens is 364 g/mol. The first-order chi connectivity index (χ1) is 13.7. The van der Waals surface area contributed by atoms with E-state index < -0.39 is 5.60 Å². The molecule has 0 aromatic heterocycles. The van der Waals surface area contributed by atoms with Crippen LogP contribution in [0.4, 0.5) is 0 Å². The van der Waals surface area contributed by atoms with Crippen LogP contribution in [0.1, 0.15) is 52.5 Å². The van der Waals surface area contributed by atoms with Crippen molar-refractivity contribution in [2.45, 2.75) is 59.2 Å². The lowest BCUT2D eigenvalue weighted by molar-refractivity contribution is -0.137. The van der Waals surface area contributed by atoms with E-state index in [9.17, 15) is 9.90 Å². The molecule has 1 aromatic carbocycles. The highest BCUT2D eigenvalue weighted by molar-refractivity contribution is 5.82. The summed E-state index contributed by atoms with van der Waals surface area (Å²) in [5.41, 5.74) is 0.612. The van der Waals surface area contributed by atoms with E-state index in [0.717, 1.165) is 24.0 Å². The molecule has 2 rings (SSSR count). The second-order valence-electron chi connectivity index (χ2n) is 8.53. The van der Waals surface area contributed by atoms with Crippen LogP contribution >= 0.6 is 0 Å². The Kier molecular flexibility index (Phi) is 8.23. The van der Waals surface area contributed by atoms with E-state index in [2.05, 4.69) is 32.6 Å². The third-order valence-corrected chi connectivity index (χ3v) is 6.66. The van der Waals surface area contributed by atoms with Crippen LogP contribution in [0.2, 0.25) is 0 Å². The standard InChI is InChI=1S/C25H36O4/c1-6-29-23(26)13-12-22-24(5,20(4)14-15-25(22,27)19(2)3)16-17-28-18-21-10-8-7-9-11-21/h7-13,20,22,27H,2,6,14-18H2,1,3-5H3/b13-12-/t20-,22+,24+,25+/m0/s1. The Morgan fingerprint density at radius 1 is 1.34 bits per heavy atom. The first kappa shape index (κ1) is 23.4. The minimum Gasteiger partial charge on any atom is -0.463 e. The van der Waals surface area contributed by atoms with E-state index in [0.29, 0.717) is 32.2 Å². The van der Waals surface area contributed by atoms with Crippen molar-refractivity contribution in [3.63, 3.8) is 0 Å². The molecule has 160 valence electrons. The van der Waals surface area contributed by atoms with Crippen LogP contribution in [0.5, 0.6) is 0 Å². The molecule has 0 unspecified atom stereocenters. The maximum atomic E-state index is 11.9. The Morgan fingerprint density at radius 2 is 2.03 bits per heavy atom. The lowest BCUT2D eigenvalue weighted by atomic mass is 9.53. The summed E-state index contributed by atoms with van der Waals surface area (Å²) in [5.74, 6) is -0.238. The van der Waals surface area contributed by atoms with Crippen molar-refractivity contribution in [1.82, 2.24) is 0 Å². The van der Waals surface area contributed by atoms with E-state index >= 15 is 0 Å². The van der Waals surface area contributed by atoms with Crippen LogP contribution in [0.15, 0.2) is 54.6 Å². The summed E-state index contributed by atoms with van der Waals surface area (Å²) in [7, 11) is 0. The van der Waals surface area contributed by atoms with Gasteiger partial charge in [-0.15, -0.1) is 0 Å². The lowest BCUT2D eigenvalue weighted by Gasteiger charge is -2.54. The third-order valence-electron chi connectivity index (χ3n) is 6.66. The fraction of sp³-hybridized carbons (Fsp3) is 0.560. The minimum atomic E-state index is -1.04. The predicted octanol–water partition coefficient (Wildman–Crippen LogP) is 5.07. The molecule has 1 aliphatic carbocycles. The first-order valence-electron chi connectivity index (χ1n) is 10.6. The second-order valence-corrected chi connectivity index (χ2v) is 8.53. The lowest BCUT2D eigenvalue weighted by Crippen LogP contribution is -2.53. The third kappa shape index (κ3) is 5.58. The van der Waals surface area contributed by atoms with Gasteiger partial charge in [0, 0.05) is 18.6 Å². The zero-order chi connectivity index (χ0) is 21.5. The van der Waals surface area contributed by atoms with Crippen molar-refractivity contribution in [1.29, 1.82) is 0 Å². The molecule has 1 fully saturated rings. The Balaban J connectivity index is 2.17. The number of hydrogen-bond acceptors (Lipinski definition) is 4. The maximum Gasteiger partial charge on any atom is 0.330 e. The molecule has 1 aromatic rings. The molecule has 1 aliphatic rings. The van der Waals surface area contributed by atoms with Gasteiger partial charge in [0.2, 0.25) is 0 Å². The van der Waals surface area contributed by atoms with Crippen molar-refractivity contribution < 1.29 is 19.4 Å². The van der Waals surface area contributed by atoms with Gasteiger partial charge < -0.3 is 14.6 Å². The highest BCUT2D eigenvalue weighted by Crippen LogP contribution is 2.54. The fourth-order valence-corrected chi connectivity index (χ4v) is 4.46. The van der Waals surface area contributed by atoms with Crippen LogP contribution in [0.3, 0.4) is 0 Å². The van der Waals surface area contributed by atoms with Gasteiger partial charge in [0.25, 0.3) is 0 Å². The molecule has 4 atom stereocenters. The Morgan fingerprint density at radius 3 is 2.66 bits per heavy atom. The molecule has 4 heteroatoms. The molecule has 0 amide bonds. The first-order valence-corrected chi connectivity index (χ1v) is 10.6. The number of carbonyl (C=O) groups excluding carboxylic acids is 1. The quantitative estimate of drug-likeness (QED) is 0.272. The molecule has 1 saturated carbocycles. The molecule has 29 heavy (non-hydrogen) atoms. The maximum absolute atomic E-state index is 11.9. The molecule has 0 heterocycles. The average Bonchev–Trinajstić information content (AvgIpc) is 2.69.